The SMILES string of the molecule is COC(=O)c1cc(Br)ccc1OC(=O)c1sc2ccccc2c1Cl. The van der Waals surface area contributed by atoms with Gasteiger partial charge in [-0.05, 0) is 24.3 Å². The van der Waals surface area contributed by atoms with E-state index in [0.29, 0.717) is 9.50 Å². The smallest absolute Gasteiger partial charge is 0.355 e. The molecule has 3 aromatic rings. The summed E-state index contributed by atoms with van der Waals surface area (Å²) in [5.74, 6) is -1.10. The molecule has 0 fully saturated rings. The molecule has 0 saturated carbocycles. The van der Waals surface area contributed by atoms with Gasteiger partial charge in [0.05, 0.1) is 12.1 Å². The van der Waals surface area contributed by atoms with Crippen molar-refractivity contribution in [1.82, 2.24) is 0 Å². The average molecular weight is 426 g/mol. The summed E-state index contributed by atoms with van der Waals surface area (Å²) in [4.78, 5) is 24.6. The van der Waals surface area contributed by atoms with Crippen molar-refractivity contribution in [2.75, 3.05) is 7.11 Å². The zero-order chi connectivity index (χ0) is 17.3. The highest BCUT2D eigenvalue weighted by molar-refractivity contribution is 9.10. The summed E-state index contributed by atoms with van der Waals surface area (Å²) in [7, 11) is 1.26. The number of rotatable bonds is 3. The number of thiophene rings is 1. The van der Waals surface area contributed by atoms with Crippen LogP contribution in [0.2, 0.25) is 5.02 Å². The molecule has 122 valence electrons. The molecule has 0 unspecified atom stereocenters. The van der Waals surface area contributed by atoms with Crippen LogP contribution in [0.1, 0.15) is 20.0 Å². The van der Waals surface area contributed by atoms with E-state index in [0.717, 1.165) is 10.1 Å². The van der Waals surface area contributed by atoms with Crippen molar-refractivity contribution in [3.05, 3.63) is 62.4 Å². The first-order valence-corrected chi connectivity index (χ1v) is 8.77. The van der Waals surface area contributed by atoms with Crippen LogP contribution in [0.25, 0.3) is 10.1 Å². The molecule has 0 saturated heterocycles. The van der Waals surface area contributed by atoms with Gasteiger partial charge in [-0.1, -0.05) is 45.7 Å². The minimum Gasteiger partial charge on any atom is -0.465 e. The Bertz CT molecular complexity index is 951. The van der Waals surface area contributed by atoms with E-state index >= 15 is 0 Å². The van der Waals surface area contributed by atoms with Gasteiger partial charge in [0.2, 0.25) is 0 Å². The highest BCUT2D eigenvalue weighted by Gasteiger charge is 2.22. The lowest BCUT2D eigenvalue weighted by Crippen LogP contribution is -2.11. The number of carbonyl (C=O) groups is 2. The molecule has 0 N–H and O–H groups in total. The van der Waals surface area contributed by atoms with Crippen LogP contribution in [0.5, 0.6) is 5.75 Å². The Hall–Kier alpha value is -1.89. The van der Waals surface area contributed by atoms with Crippen LogP contribution < -0.4 is 4.74 Å². The van der Waals surface area contributed by atoms with Crippen molar-refractivity contribution >= 4 is 60.9 Å². The summed E-state index contributed by atoms with van der Waals surface area (Å²) in [6.45, 7) is 0. The normalized spacial score (nSPS) is 10.6. The van der Waals surface area contributed by atoms with Crippen LogP contribution >= 0.6 is 38.9 Å². The van der Waals surface area contributed by atoms with Gasteiger partial charge in [0.1, 0.15) is 16.2 Å². The molecule has 4 nitrogen and oxygen atoms in total. The molecule has 0 amide bonds. The Kier molecular flexibility index (Phi) is 4.89. The number of ether oxygens (including phenoxy) is 2. The fourth-order valence-electron chi connectivity index (χ4n) is 2.15. The Labute approximate surface area is 155 Å². The van der Waals surface area contributed by atoms with Crippen molar-refractivity contribution in [3.63, 3.8) is 0 Å². The topological polar surface area (TPSA) is 52.6 Å². The van der Waals surface area contributed by atoms with Crippen molar-refractivity contribution in [1.29, 1.82) is 0 Å². The van der Waals surface area contributed by atoms with E-state index < -0.39 is 11.9 Å². The summed E-state index contributed by atoms with van der Waals surface area (Å²) in [6.07, 6.45) is 0. The molecule has 3 rings (SSSR count). The summed E-state index contributed by atoms with van der Waals surface area (Å²) in [5.41, 5.74) is 0.150. The van der Waals surface area contributed by atoms with Crippen molar-refractivity contribution < 1.29 is 19.1 Å². The van der Waals surface area contributed by atoms with Gasteiger partial charge in [0, 0.05) is 14.6 Å². The summed E-state index contributed by atoms with van der Waals surface area (Å²) in [6, 6.07) is 12.2. The van der Waals surface area contributed by atoms with Crippen molar-refractivity contribution in [3.8, 4) is 5.75 Å². The molecule has 0 aliphatic carbocycles. The Morgan fingerprint density at radius 2 is 1.88 bits per heavy atom. The van der Waals surface area contributed by atoms with Crippen LogP contribution in [0.3, 0.4) is 0 Å². The van der Waals surface area contributed by atoms with Crippen LogP contribution in [0.15, 0.2) is 46.9 Å². The minimum absolute atomic E-state index is 0.114. The maximum Gasteiger partial charge on any atom is 0.355 e. The molecule has 0 aliphatic heterocycles. The van der Waals surface area contributed by atoms with Gasteiger partial charge in [0.25, 0.3) is 0 Å². The third-order valence-electron chi connectivity index (χ3n) is 3.27. The predicted molar refractivity (Wildman–Crippen MR) is 97.3 cm³/mol. The van der Waals surface area contributed by atoms with E-state index in [1.807, 2.05) is 24.3 Å². The van der Waals surface area contributed by atoms with E-state index in [1.54, 1.807) is 6.07 Å². The molecule has 0 radical (unpaired) electrons. The van der Waals surface area contributed by atoms with Crippen LogP contribution in [-0.4, -0.2) is 19.0 Å². The second kappa shape index (κ2) is 6.93. The second-order valence-corrected chi connectivity index (χ2v) is 7.11. The van der Waals surface area contributed by atoms with Crippen molar-refractivity contribution in [2.24, 2.45) is 0 Å². The average Bonchev–Trinajstić information content (AvgIpc) is 2.93. The highest BCUT2D eigenvalue weighted by atomic mass is 79.9. The molecular weight excluding hydrogens is 416 g/mol. The molecule has 0 bridgehead atoms. The largest absolute Gasteiger partial charge is 0.465 e. The summed E-state index contributed by atoms with van der Waals surface area (Å²) in [5, 5.41) is 1.14. The van der Waals surface area contributed by atoms with Gasteiger partial charge in [0.15, 0.2) is 0 Å². The van der Waals surface area contributed by atoms with Gasteiger partial charge in [-0.3, -0.25) is 0 Å². The van der Waals surface area contributed by atoms with E-state index in [4.69, 9.17) is 21.1 Å². The number of fused-ring (bicyclic) bond motifs is 1. The Balaban J connectivity index is 1.97. The first-order valence-electron chi connectivity index (χ1n) is 6.78. The fourth-order valence-corrected chi connectivity index (χ4v) is 3.90. The highest BCUT2D eigenvalue weighted by Crippen LogP contribution is 2.36. The number of esters is 2. The quantitative estimate of drug-likeness (QED) is 0.421. The fraction of sp³-hybridized carbons (Fsp3) is 0.0588. The number of carbonyl (C=O) groups excluding carboxylic acids is 2. The monoisotopic (exact) mass is 424 g/mol. The molecule has 2 aromatic carbocycles. The summed E-state index contributed by atoms with van der Waals surface area (Å²) >= 11 is 10.8. The number of hydrogen-bond acceptors (Lipinski definition) is 5. The van der Waals surface area contributed by atoms with E-state index in [9.17, 15) is 9.59 Å². The molecule has 0 aliphatic rings. The molecule has 0 atom stereocenters. The first kappa shape index (κ1) is 17.0. The standard InChI is InChI=1S/C17H10BrClO4S/c1-22-16(20)11-8-9(18)6-7-12(11)23-17(21)15-14(19)10-4-2-3-5-13(10)24-15/h2-8H,1H3. The van der Waals surface area contributed by atoms with Crippen LogP contribution in [0, 0.1) is 0 Å². The molecule has 1 heterocycles. The Morgan fingerprint density at radius 1 is 1.12 bits per heavy atom. The minimum atomic E-state index is -0.617. The molecule has 0 spiro atoms. The van der Waals surface area contributed by atoms with Crippen LogP contribution in [0.4, 0.5) is 0 Å². The van der Waals surface area contributed by atoms with E-state index in [1.165, 1.54) is 30.6 Å². The van der Waals surface area contributed by atoms with Gasteiger partial charge in [-0.25, -0.2) is 9.59 Å². The van der Waals surface area contributed by atoms with Gasteiger partial charge in [-0.2, -0.15) is 0 Å². The number of benzene rings is 2. The summed E-state index contributed by atoms with van der Waals surface area (Å²) < 4.78 is 11.7. The molecular formula is C17H10BrClO4S. The zero-order valence-electron chi connectivity index (χ0n) is 12.3. The lowest BCUT2D eigenvalue weighted by molar-refractivity contribution is 0.0593. The molecule has 7 heteroatoms. The molecule has 24 heavy (non-hydrogen) atoms. The predicted octanol–water partition coefficient (Wildman–Crippen LogP) is 5.32. The number of halogens is 2. The number of hydrogen-bond donors (Lipinski definition) is 0. The Morgan fingerprint density at radius 3 is 2.58 bits per heavy atom. The maximum absolute atomic E-state index is 12.5. The maximum atomic E-state index is 12.5. The lowest BCUT2D eigenvalue weighted by Gasteiger charge is -2.08. The van der Waals surface area contributed by atoms with Gasteiger partial charge >= 0.3 is 11.9 Å². The van der Waals surface area contributed by atoms with Gasteiger partial charge in [-0.15, -0.1) is 11.3 Å². The first-order chi connectivity index (χ1) is 11.5. The third kappa shape index (κ3) is 3.17. The zero-order valence-corrected chi connectivity index (χ0v) is 15.5. The second-order valence-electron chi connectivity index (χ2n) is 4.76. The van der Waals surface area contributed by atoms with E-state index in [2.05, 4.69) is 15.9 Å². The third-order valence-corrected chi connectivity index (χ3v) is 5.42. The van der Waals surface area contributed by atoms with Crippen molar-refractivity contribution in [2.45, 2.75) is 0 Å². The number of methoxy groups -OCH3 is 1. The molecule has 1 aromatic heterocycles. The van der Waals surface area contributed by atoms with E-state index in [-0.39, 0.29) is 16.2 Å². The van der Waals surface area contributed by atoms with Gasteiger partial charge < -0.3 is 9.47 Å². The lowest BCUT2D eigenvalue weighted by atomic mass is 10.2. The van der Waals surface area contributed by atoms with Crippen LogP contribution in [-0.2, 0) is 4.74 Å².